The Hall–Kier alpha value is -3.19. The number of hydrogen-bond acceptors (Lipinski definition) is 2. The summed E-state index contributed by atoms with van der Waals surface area (Å²) < 4.78 is 75.5. The molecule has 0 saturated heterocycles. The summed E-state index contributed by atoms with van der Waals surface area (Å²) in [6.07, 6.45) is 2.37. The first-order valence-electron chi connectivity index (χ1n) is 13.2. The van der Waals surface area contributed by atoms with Crippen molar-refractivity contribution in [2.75, 3.05) is 0 Å². The highest BCUT2D eigenvalue weighted by atomic mass is 32.1. The van der Waals surface area contributed by atoms with Crippen LogP contribution < -0.4 is 4.74 Å². The highest BCUT2D eigenvalue weighted by Gasteiger charge is 2.32. The third kappa shape index (κ3) is 6.35. The molecule has 0 bridgehead atoms. The summed E-state index contributed by atoms with van der Waals surface area (Å²) >= 11 is 1.53. The molecule has 3 aromatic carbocycles. The van der Waals surface area contributed by atoms with Gasteiger partial charge in [0.1, 0.15) is 11.6 Å². The Labute approximate surface area is 228 Å². The molecular weight excluding hydrogens is 527 g/mol. The number of ether oxygens (including phenoxy) is 1. The summed E-state index contributed by atoms with van der Waals surface area (Å²) in [7, 11) is 0. The number of aryl methyl sites for hydroxylation is 1. The lowest BCUT2D eigenvalue weighted by molar-refractivity contribution is -0.180. The van der Waals surface area contributed by atoms with Gasteiger partial charge in [-0.2, -0.15) is 8.78 Å². The molecule has 1 aliphatic rings. The van der Waals surface area contributed by atoms with Gasteiger partial charge in [0.05, 0.1) is 11.1 Å². The van der Waals surface area contributed by atoms with Gasteiger partial charge in [0.25, 0.3) is 0 Å². The summed E-state index contributed by atoms with van der Waals surface area (Å²) in [6, 6.07) is 16.2. The number of halogens is 5. The number of rotatable bonds is 9. The van der Waals surface area contributed by atoms with Crippen LogP contribution in [0.15, 0.2) is 72.3 Å². The third-order valence-corrected chi connectivity index (χ3v) is 8.47. The number of benzene rings is 3. The SMILES string of the molecule is CCCc1cc2ccc(-c3ccc(C4CC=C(CCC(F)(F)Oc5ccc(F)c(F)c5)CC4)cc3)c(F)c2s1. The minimum absolute atomic E-state index is 0.160. The Morgan fingerprint density at radius 2 is 1.72 bits per heavy atom. The maximum absolute atomic E-state index is 15.3. The Morgan fingerprint density at radius 1 is 0.923 bits per heavy atom. The number of allylic oxidation sites excluding steroid dienone is 2. The van der Waals surface area contributed by atoms with Crippen molar-refractivity contribution >= 4 is 21.4 Å². The van der Waals surface area contributed by atoms with Gasteiger partial charge in [-0.15, -0.1) is 11.3 Å². The largest absolute Gasteiger partial charge is 0.432 e. The molecule has 1 aliphatic carbocycles. The zero-order chi connectivity index (χ0) is 27.6. The fourth-order valence-electron chi connectivity index (χ4n) is 5.14. The first-order chi connectivity index (χ1) is 18.7. The van der Waals surface area contributed by atoms with Gasteiger partial charge >= 0.3 is 6.11 Å². The highest BCUT2D eigenvalue weighted by molar-refractivity contribution is 7.19. The molecule has 7 heteroatoms. The van der Waals surface area contributed by atoms with Crippen molar-refractivity contribution in [3.8, 4) is 16.9 Å². The van der Waals surface area contributed by atoms with Crippen molar-refractivity contribution in [3.63, 3.8) is 0 Å². The van der Waals surface area contributed by atoms with Gasteiger partial charge in [-0.1, -0.05) is 61.4 Å². The van der Waals surface area contributed by atoms with Gasteiger partial charge in [0.15, 0.2) is 11.6 Å². The van der Waals surface area contributed by atoms with E-state index in [2.05, 4.69) is 17.7 Å². The molecule has 0 radical (unpaired) electrons. The van der Waals surface area contributed by atoms with Crippen LogP contribution in [-0.2, 0) is 6.42 Å². The lowest BCUT2D eigenvalue weighted by Gasteiger charge is -2.24. The molecule has 5 rings (SSSR count). The van der Waals surface area contributed by atoms with Gasteiger partial charge in [0.2, 0.25) is 0 Å². The van der Waals surface area contributed by atoms with Crippen LogP contribution in [0.4, 0.5) is 22.0 Å². The molecule has 0 aliphatic heterocycles. The van der Waals surface area contributed by atoms with Gasteiger partial charge in [-0.25, -0.2) is 13.2 Å². The van der Waals surface area contributed by atoms with E-state index in [1.165, 1.54) is 16.2 Å². The minimum atomic E-state index is -3.49. The smallest absolute Gasteiger partial charge is 0.398 e. The molecule has 0 fully saturated rings. The van der Waals surface area contributed by atoms with Gasteiger partial charge < -0.3 is 4.74 Å². The van der Waals surface area contributed by atoms with E-state index in [1.807, 2.05) is 42.5 Å². The normalized spacial score (nSPS) is 15.9. The maximum atomic E-state index is 15.3. The van der Waals surface area contributed by atoms with E-state index in [-0.39, 0.29) is 18.2 Å². The Balaban J connectivity index is 1.19. The molecule has 0 spiro atoms. The van der Waals surface area contributed by atoms with E-state index in [1.54, 1.807) is 0 Å². The number of alkyl halides is 2. The molecule has 0 amide bonds. The van der Waals surface area contributed by atoms with Crippen LogP contribution >= 0.6 is 11.3 Å². The second kappa shape index (κ2) is 11.5. The Kier molecular flexibility index (Phi) is 8.08. The summed E-state index contributed by atoms with van der Waals surface area (Å²) in [5.74, 6) is -2.66. The summed E-state index contributed by atoms with van der Waals surface area (Å²) in [4.78, 5) is 1.20. The van der Waals surface area contributed by atoms with Crippen LogP contribution in [0.3, 0.4) is 0 Å². The summed E-state index contributed by atoms with van der Waals surface area (Å²) in [6.45, 7) is 2.12. The first-order valence-corrected chi connectivity index (χ1v) is 14.0. The molecular formula is C32H29F5OS. The van der Waals surface area contributed by atoms with Crippen molar-refractivity contribution in [1.82, 2.24) is 0 Å². The van der Waals surface area contributed by atoms with Crippen molar-refractivity contribution in [2.24, 2.45) is 0 Å². The van der Waals surface area contributed by atoms with Crippen molar-refractivity contribution in [2.45, 2.75) is 63.9 Å². The van der Waals surface area contributed by atoms with Crippen LogP contribution in [0.25, 0.3) is 21.2 Å². The number of hydrogen-bond donors (Lipinski definition) is 0. The van der Waals surface area contributed by atoms with E-state index in [4.69, 9.17) is 0 Å². The second-order valence-corrected chi connectivity index (χ2v) is 11.2. The van der Waals surface area contributed by atoms with E-state index in [0.29, 0.717) is 22.8 Å². The Bertz CT molecular complexity index is 1490. The quantitative estimate of drug-likeness (QED) is 0.147. The maximum Gasteiger partial charge on any atom is 0.398 e. The van der Waals surface area contributed by atoms with Crippen molar-refractivity contribution < 1.29 is 26.7 Å². The lowest BCUT2D eigenvalue weighted by Crippen LogP contribution is -2.25. The minimum Gasteiger partial charge on any atom is -0.432 e. The molecule has 1 atom stereocenters. The highest BCUT2D eigenvalue weighted by Crippen LogP contribution is 2.38. The van der Waals surface area contributed by atoms with E-state index < -0.39 is 29.9 Å². The van der Waals surface area contributed by atoms with E-state index >= 15 is 4.39 Å². The van der Waals surface area contributed by atoms with Gasteiger partial charge in [0, 0.05) is 16.5 Å². The monoisotopic (exact) mass is 556 g/mol. The standard InChI is InChI=1S/C32H29F5OS/c1-2-3-26-18-24-12-14-27(30(35)31(24)39-26)23-10-8-22(9-11-23)21-6-4-20(5-7-21)16-17-32(36,37)38-25-13-15-28(33)29(34)19-25/h4,8-15,18-19,21H,2-3,5-7,16-17H2,1H3. The van der Waals surface area contributed by atoms with Crippen LogP contribution in [-0.4, -0.2) is 6.11 Å². The molecule has 204 valence electrons. The van der Waals surface area contributed by atoms with Crippen LogP contribution in [0, 0.1) is 17.5 Å². The lowest BCUT2D eigenvalue weighted by atomic mass is 9.83. The molecule has 1 heterocycles. The average molecular weight is 557 g/mol. The summed E-state index contributed by atoms with van der Waals surface area (Å²) in [5, 5.41) is 0.944. The fraction of sp³-hybridized carbons (Fsp3) is 0.312. The van der Waals surface area contributed by atoms with E-state index in [9.17, 15) is 17.6 Å². The molecule has 0 N–H and O–H groups in total. The Morgan fingerprint density at radius 3 is 2.41 bits per heavy atom. The fourth-order valence-corrected chi connectivity index (χ4v) is 6.34. The molecule has 0 saturated carbocycles. The van der Waals surface area contributed by atoms with Gasteiger partial charge in [-0.3, -0.25) is 0 Å². The molecule has 4 aromatic rings. The van der Waals surface area contributed by atoms with Crippen LogP contribution in [0.2, 0.25) is 0 Å². The number of thiophene rings is 1. The topological polar surface area (TPSA) is 9.23 Å². The average Bonchev–Trinajstić information content (AvgIpc) is 3.34. The summed E-state index contributed by atoms with van der Waals surface area (Å²) in [5.41, 5.74) is 3.50. The molecule has 39 heavy (non-hydrogen) atoms. The predicted molar refractivity (Wildman–Crippen MR) is 147 cm³/mol. The molecule has 1 nitrogen and oxygen atoms in total. The van der Waals surface area contributed by atoms with Gasteiger partial charge in [-0.05, 0) is 72.7 Å². The zero-order valence-electron chi connectivity index (χ0n) is 21.6. The zero-order valence-corrected chi connectivity index (χ0v) is 22.4. The second-order valence-electron chi connectivity index (χ2n) is 10.1. The van der Waals surface area contributed by atoms with E-state index in [0.717, 1.165) is 59.9 Å². The molecule has 1 unspecified atom stereocenters. The number of fused-ring (bicyclic) bond motifs is 1. The van der Waals surface area contributed by atoms with Crippen molar-refractivity contribution in [3.05, 3.63) is 100 Å². The predicted octanol–water partition coefficient (Wildman–Crippen LogP) is 10.6. The first kappa shape index (κ1) is 27.4. The van der Waals surface area contributed by atoms with Crippen LogP contribution in [0.5, 0.6) is 5.75 Å². The molecule has 1 aromatic heterocycles. The van der Waals surface area contributed by atoms with Crippen molar-refractivity contribution in [1.29, 1.82) is 0 Å². The third-order valence-electron chi connectivity index (χ3n) is 7.27. The van der Waals surface area contributed by atoms with Crippen LogP contribution in [0.1, 0.15) is 61.8 Å².